The fourth-order valence-electron chi connectivity index (χ4n) is 2.96. The summed E-state index contributed by atoms with van der Waals surface area (Å²) in [7, 11) is 0. The molecule has 0 spiro atoms. The molecule has 2 N–H and O–H groups in total. The number of nitrogens with zero attached hydrogens (tertiary/aromatic N) is 1. The van der Waals surface area contributed by atoms with Crippen LogP contribution in [0.25, 0.3) is 0 Å². The zero-order chi connectivity index (χ0) is 18.0. The molecule has 0 unspecified atom stereocenters. The van der Waals surface area contributed by atoms with Crippen molar-refractivity contribution >= 4 is 34.8 Å². The van der Waals surface area contributed by atoms with Crippen molar-refractivity contribution in [1.29, 1.82) is 0 Å². The van der Waals surface area contributed by atoms with Gasteiger partial charge in [0, 0.05) is 11.1 Å². The molecule has 0 bridgehead atoms. The molecule has 0 aromatic heterocycles. The number of amides is 2. The predicted molar refractivity (Wildman–Crippen MR) is 99.9 cm³/mol. The summed E-state index contributed by atoms with van der Waals surface area (Å²) in [6.07, 6.45) is 0. The summed E-state index contributed by atoms with van der Waals surface area (Å²) in [5.41, 5.74) is 2.42. The van der Waals surface area contributed by atoms with Gasteiger partial charge in [-0.1, -0.05) is 35.9 Å². The van der Waals surface area contributed by atoms with Crippen LogP contribution in [0.3, 0.4) is 0 Å². The van der Waals surface area contributed by atoms with Crippen LogP contribution < -0.4 is 15.5 Å². The van der Waals surface area contributed by atoms with Crippen molar-refractivity contribution in [3.05, 3.63) is 59.1 Å². The van der Waals surface area contributed by atoms with Crippen LogP contribution in [0.15, 0.2) is 48.5 Å². The molecule has 0 radical (unpaired) electrons. The fourth-order valence-corrected chi connectivity index (χ4v) is 3.08. The van der Waals surface area contributed by atoms with E-state index in [9.17, 15) is 9.59 Å². The summed E-state index contributed by atoms with van der Waals surface area (Å²) >= 11 is 5.92. The molecule has 0 saturated heterocycles. The molecule has 2 aromatic carbocycles. The van der Waals surface area contributed by atoms with Gasteiger partial charge in [0.1, 0.15) is 6.54 Å². The summed E-state index contributed by atoms with van der Waals surface area (Å²) in [5, 5.41) is 6.76. The van der Waals surface area contributed by atoms with Crippen molar-refractivity contribution in [2.45, 2.75) is 25.9 Å². The smallest absolute Gasteiger partial charge is 0.244 e. The maximum Gasteiger partial charge on any atom is 0.244 e. The van der Waals surface area contributed by atoms with Crippen molar-refractivity contribution in [3.8, 4) is 0 Å². The third-order valence-corrected chi connectivity index (χ3v) is 4.53. The van der Waals surface area contributed by atoms with Crippen molar-refractivity contribution in [2.24, 2.45) is 0 Å². The predicted octanol–water partition coefficient (Wildman–Crippen LogP) is 3.36. The number of rotatable bonds is 4. The van der Waals surface area contributed by atoms with Gasteiger partial charge in [-0.05, 0) is 43.7 Å². The van der Waals surface area contributed by atoms with Crippen LogP contribution in [0.2, 0.25) is 5.02 Å². The van der Waals surface area contributed by atoms with Gasteiger partial charge in [-0.3, -0.25) is 19.8 Å². The van der Waals surface area contributed by atoms with Crippen molar-refractivity contribution < 1.29 is 9.59 Å². The number of carbonyl (C=O) groups excluding carboxylic acids is 2. The summed E-state index contributed by atoms with van der Waals surface area (Å²) in [6, 6.07) is 14.4. The Kier molecular flexibility index (Phi) is 5.06. The molecule has 130 valence electrons. The first-order valence-corrected chi connectivity index (χ1v) is 8.55. The van der Waals surface area contributed by atoms with Gasteiger partial charge in [-0.2, -0.15) is 0 Å². The van der Waals surface area contributed by atoms with Crippen molar-refractivity contribution in [2.75, 3.05) is 16.8 Å². The Hall–Kier alpha value is -2.37. The number of para-hydroxylation sites is 2. The Balaban J connectivity index is 1.74. The van der Waals surface area contributed by atoms with Crippen LogP contribution in [0.4, 0.5) is 11.4 Å². The molecule has 25 heavy (non-hydrogen) atoms. The summed E-state index contributed by atoms with van der Waals surface area (Å²) < 4.78 is 0. The molecule has 5 nitrogen and oxygen atoms in total. The minimum Gasteiger partial charge on any atom is -0.323 e. The molecule has 1 aliphatic heterocycles. The molecule has 1 heterocycles. The average Bonchev–Trinajstić information content (AvgIpc) is 2.60. The number of benzene rings is 2. The van der Waals surface area contributed by atoms with Crippen LogP contribution in [0.5, 0.6) is 0 Å². The molecule has 2 amide bonds. The van der Waals surface area contributed by atoms with Crippen LogP contribution in [-0.2, 0) is 9.59 Å². The van der Waals surface area contributed by atoms with E-state index < -0.39 is 6.04 Å². The molecule has 0 aliphatic carbocycles. The molecule has 3 rings (SSSR count). The third kappa shape index (κ3) is 3.83. The van der Waals surface area contributed by atoms with Crippen LogP contribution in [0.1, 0.15) is 25.5 Å². The highest BCUT2D eigenvalue weighted by Crippen LogP contribution is 2.29. The van der Waals surface area contributed by atoms with Gasteiger partial charge in [0.25, 0.3) is 0 Å². The van der Waals surface area contributed by atoms with Crippen LogP contribution >= 0.6 is 11.6 Å². The topological polar surface area (TPSA) is 61.4 Å². The maximum atomic E-state index is 12.9. The largest absolute Gasteiger partial charge is 0.323 e. The van der Waals surface area contributed by atoms with Gasteiger partial charge in [0.2, 0.25) is 11.8 Å². The minimum atomic E-state index is -0.440. The number of hydrogen-bond acceptors (Lipinski definition) is 3. The zero-order valence-electron chi connectivity index (χ0n) is 14.1. The lowest BCUT2D eigenvalue weighted by atomic mass is 10.1. The lowest BCUT2D eigenvalue weighted by Crippen LogP contribution is -2.50. The number of hydrogen-bond donors (Lipinski definition) is 2. The highest BCUT2D eigenvalue weighted by atomic mass is 35.5. The van der Waals surface area contributed by atoms with E-state index in [2.05, 4.69) is 10.6 Å². The molecule has 0 fully saturated rings. The molecular formula is C19H20ClN3O2. The minimum absolute atomic E-state index is 0.0231. The van der Waals surface area contributed by atoms with Crippen molar-refractivity contribution in [1.82, 2.24) is 5.32 Å². The molecule has 0 saturated carbocycles. The van der Waals surface area contributed by atoms with Gasteiger partial charge in [-0.25, -0.2) is 0 Å². The lowest BCUT2D eigenvalue weighted by Gasteiger charge is -2.32. The standard InChI is InChI=1S/C19H20ClN3O2/c1-12(14-7-9-15(20)10-8-14)21-13(2)19(25)23-11-18(24)22-16-5-3-4-6-17(16)23/h3-10,12-13,21H,11H2,1-2H3,(H,22,24)/t12-,13+/m0/s1. The van der Waals surface area contributed by atoms with E-state index in [0.29, 0.717) is 10.7 Å². The fraction of sp³-hybridized carbons (Fsp3) is 0.263. The Morgan fingerprint density at radius 1 is 1.16 bits per heavy atom. The average molecular weight is 358 g/mol. The van der Waals surface area contributed by atoms with E-state index >= 15 is 0 Å². The van der Waals surface area contributed by atoms with Gasteiger partial charge >= 0.3 is 0 Å². The Morgan fingerprint density at radius 3 is 2.56 bits per heavy atom. The Labute approximate surface area is 152 Å². The summed E-state index contributed by atoms with van der Waals surface area (Å²) in [5.74, 6) is -0.326. The van der Waals surface area contributed by atoms with E-state index in [1.165, 1.54) is 4.90 Å². The number of nitrogens with one attached hydrogen (secondary N) is 2. The molecular weight excluding hydrogens is 338 g/mol. The van der Waals surface area contributed by atoms with E-state index in [1.54, 1.807) is 6.07 Å². The first-order chi connectivity index (χ1) is 12.0. The molecule has 2 aromatic rings. The number of halogens is 1. The maximum absolute atomic E-state index is 12.9. The first-order valence-electron chi connectivity index (χ1n) is 8.17. The monoisotopic (exact) mass is 357 g/mol. The summed E-state index contributed by atoms with van der Waals surface area (Å²) in [4.78, 5) is 26.3. The lowest BCUT2D eigenvalue weighted by molar-refractivity contribution is -0.123. The van der Waals surface area contributed by atoms with Gasteiger partial charge in [-0.15, -0.1) is 0 Å². The van der Waals surface area contributed by atoms with E-state index in [0.717, 1.165) is 11.3 Å². The quantitative estimate of drug-likeness (QED) is 0.882. The van der Waals surface area contributed by atoms with Crippen molar-refractivity contribution in [3.63, 3.8) is 0 Å². The van der Waals surface area contributed by atoms with E-state index in [1.807, 2.05) is 56.3 Å². The normalized spacial score (nSPS) is 16.0. The Bertz CT molecular complexity index is 792. The number of carbonyl (C=O) groups is 2. The second kappa shape index (κ2) is 7.25. The number of anilines is 2. The highest BCUT2D eigenvalue weighted by molar-refractivity contribution is 6.30. The summed E-state index contributed by atoms with van der Waals surface area (Å²) in [6.45, 7) is 3.82. The van der Waals surface area contributed by atoms with Gasteiger partial charge in [0.15, 0.2) is 0 Å². The van der Waals surface area contributed by atoms with Gasteiger partial charge in [0.05, 0.1) is 17.4 Å². The van der Waals surface area contributed by atoms with E-state index in [-0.39, 0.29) is 24.4 Å². The molecule has 1 aliphatic rings. The number of fused-ring (bicyclic) bond motifs is 1. The van der Waals surface area contributed by atoms with Crippen LogP contribution in [0, 0.1) is 0 Å². The SMILES string of the molecule is C[C@H](N[C@H](C)C(=O)N1CC(=O)Nc2ccccc21)c1ccc(Cl)cc1. The highest BCUT2D eigenvalue weighted by Gasteiger charge is 2.30. The Morgan fingerprint density at radius 2 is 1.84 bits per heavy atom. The van der Waals surface area contributed by atoms with E-state index in [4.69, 9.17) is 11.6 Å². The third-order valence-electron chi connectivity index (χ3n) is 4.28. The second-order valence-electron chi connectivity index (χ2n) is 6.15. The molecule has 2 atom stereocenters. The second-order valence-corrected chi connectivity index (χ2v) is 6.59. The molecule has 6 heteroatoms. The van der Waals surface area contributed by atoms with Crippen LogP contribution in [-0.4, -0.2) is 24.4 Å². The zero-order valence-corrected chi connectivity index (χ0v) is 14.9. The first kappa shape index (κ1) is 17.5. The van der Waals surface area contributed by atoms with Gasteiger partial charge < -0.3 is 5.32 Å².